The first-order chi connectivity index (χ1) is 8.20. The summed E-state index contributed by atoms with van der Waals surface area (Å²) in [5.41, 5.74) is 0.688. The standard InChI is InChI=1S/C14H16O3/c1-2-13(15)10-5-7-12(8-6-10)17-9-14(16)11-3-4-11/h5-8,11H,2-4,9H2,1H3. The quantitative estimate of drug-likeness (QED) is 0.708. The first kappa shape index (κ1) is 11.8. The zero-order chi connectivity index (χ0) is 12.3. The Hall–Kier alpha value is -1.64. The summed E-state index contributed by atoms with van der Waals surface area (Å²) in [5, 5.41) is 0. The molecule has 17 heavy (non-hydrogen) atoms. The predicted molar refractivity (Wildman–Crippen MR) is 64.3 cm³/mol. The molecule has 90 valence electrons. The molecule has 0 aromatic heterocycles. The average Bonchev–Trinajstić information content (AvgIpc) is 3.20. The van der Waals surface area contributed by atoms with Gasteiger partial charge in [-0.3, -0.25) is 9.59 Å². The third-order valence-corrected chi connectivity index (χ3v) is 2.91. The number of ketones is 2. The van der Waals surface area contributed by atoms with Crippen molar-refractivity contribution in [3.63, 3.8) is 0 Å². The lowest BCUT2D eigenvalue weighted by molar-refractivity contribution is -0.122. The maximum atomic E-state index is 11.4. The van der Waals surface area contributed by atoms with Gasteiger partial charge in [0.15, 0.2) is 11.6 Å². The summed E-state index contributed by atoms with van der Waals surface area (Å²) >= 11 is 0. The van der Waals surface area contributed by atoms with Gasteiger partial charge in [0, 0.05) is 17.9 Å². The van der Waals surface area contributed by atoms with Crippen LogP contribution in [0.25, 0.3) is 0 Å². The number of carbonyl (C=O) groups is 2. The monoisotopic (exact) mass is 232 g/mol. The Balaban J connectivity index is 1.89. The topological polar surface area (TPSA) is 43.4 Å². The second-order valence-corrected chi connectivity index (χ2v) is 4.33. The highest BCUT2D eigenvalue weighted by atomic mass is 16.5. The Kier molecular flexibility index (Phi) is 3.57. The molecule has 0 radical (unpaired) electrons. The van der Waals surface area contributed by atoms with E-state index >= 15 is 0 Å². The van der Waals surface area contributed by atoms with Crippen LogP contribution in [0.2, 0.25) is 0 Å². The van der Waals surface area contributed by atoms with E-state index in [-0.39, 0.29) is 24.1 Å². The number of benzene rings is 1. The van der Waals surface area contributed by atoms with E-state index in [1.165, 1.54) is 0 Å². The summed E-state index contributed by atoms with van der Waals surface area (Å²) in [7, 11) is 0. The molecule has 1 aromatic rings. The zero-order valence-electron chi connectivity index (χ0n) is 9.94. The largest absolute Gasteiger partial charge is 0.486 e. The Labute approximate surface area is 101 Å². The van der Waals surface area contributed by atoms with E-state index in [0.29, 0.717) is 17.7 Å². The van der Waals surface area contributed by atoms with Gasteiger partial charge in [0.1, 0.15) is 12.4 Å². The fourth-order valence-electron chi connectivity index (χ4n) is 1.62. The van der Waals surface area contributed by atoms with E-state index in [0.717, 1.165) is 12.8 Å². The predicted octanol–water partition coefficient (Wildman–Crippen LogP) is 2.64. The van der Waals surface area contributed by atoms with Crippen molar-refractivity contribution >= 4 is 11.6 Å². The second kappa shape index (κ2) is 5.13. The average molecular weight is 232 g/mol. The second-order valence-electron chi connectivity index (χ2n) is 4.33. The van der Waals surface area contributed by atoms with Crippen LogP contribution in [-0.2, 0) is 4.79 Å². The van der Waals surface area contributed by atoms with Crippen LogP contribution in [0, 0.1) is 5.92 Å². The van der Waals surface area contributed by atoms with Crippen molar-refractivity contribution in [3.05, 3.63) is 29.8 Å². The maximum absolute atomic E-state index is 11.4. The van der Waals surface area contributed by atoms with Crippen molar-refractivity contribution in [2.45, 2.75) is 26.2 Å². The van der Waals surface area contributed by atoms with Gasteiger partial charge in [-0.2, -0.15) is 0 Å². The number of hydrogen-bond donors (Lipinski definition) is 0. The summed E-state index contributed by atoms with van der Waals surface area (Å²) in [4.78, 5) is 22.8. The van der Waals surface area contributed by atoms with Crippen molar-refractivity contribution in [2.75, 3.05) is 6.61 Å². The Morgan fingerprint density at radius 3 is 2.41 bits per heavy atom. The zero-order valence-corrected chi connectivity index (χ0v) is 9.94. The molecule has 2 rings (SSSR count). The Morgan fingerprint density at radius 1 is 1.24 bits per heavy atom. The van der Waals surface area contributed by atoms with E-state index in [1.54, 1.807) is 24.3 Å². The van der Waals surface area contributed by atoms with Gasteiger partial charge in [-0.15, -0.1) is 0 Å². The van der Waals surface area contributed by atoms with Gasteiger partial charge >= 0.3 is 0 Å². The number of carbonyl (C=O) groups excluding carboxylic acids is 2. The third kappa shape index (κ3) is 3.16. The van der Waals surface area contributed by atoms with Crippen LogP contribution in [0.1, 0.15) is 36.5 Å². The molecule has 1 aromatic carbocycles. The first-order valence-corrected chi connectivity index (χ1v) is 5.99. The van der Waals surface area contributed by atoms with Gasteiger partial charge in [0.2, 0.25) is 0 Å². The molecule has 0 aliphatic heterocycles. The smallest absolute Gasteiger partial charge is 0.173 e. The molecular weight excluding hydrogens is 216 g/mol. The van der Waals surface area contributed by atoms with Gasteiger partial charge < -0.3 is 4.74 Å². The van der Waals surface area contributed by atoms with E-state index in [9.17, 15) is 9.59 Å². The van der Waals surface area contributed by atoms with Gasteiger partial charge in [-0.1, -0.05) is 6.92 Å². The van der Waals surface area contributed by atoms with Crippen LogP contribution in [0.4, 0.5) is 0 Å². The molecule has 0 heterocycles. The first-order valence-electron chi connectivity index (χ1n) is 5.99. The van der Waals surface area contributed by atoms with E-state index in [4.69, 9.17) is 4.74 Å². The third-order valence-electron chi connectivity index (χ3n) is 2.91. The van der Waals surface area contributed by atoms with Crippen molar-refractivity contribution < 1.29 is 14.3 Å². The van der Waals surface area contributed by atoms with Crippen LogP contribution in [0.15, 0.2) is 24.3 Å². The van der Waals surface area contributed by atoms with Crippen LogP contribution in [0.5, 0.6) is 5.75 Å². The number of hydrogen-bond acceptors (Lipinski definition) is 3. The van der Waals surface area contributed by atoms with E-state index < -0.39 is 0 Å². The summed E-state index contributed by atoms with van der Waals surface area (Å²) in [6, 6.07) is 6.96. The normalized spacial score (nSPS) is 14.4. The van der Waals surface area contributed by atoms with Gasteiger partial charge in [-0.25, -0.2) is 0 Å². The van der Waals surface area contributed by atoms with Gasteiger partial charge in [0.25, 0.3) is 0 Å². The molecule has 1 aliphatic carbocycles. The van der Waals surface area contributed by atoms with Crippen molar-refractivity contribution in [3.8, 4) is 5.75 Å². The van der Waals surface area contributed by atoms with E-state index in [2.05, 4.69) is 0 Å². The molecule has 0 saturated heterocycles. The molecule has 0 bridgehead atoms. The number of Topliss-reactive ketones (excluding diaryl/α,β-unsaturated/α-hetero) is 2. The molecule has 0 spiro atoms. The number of rotatable bonds is 6. The molecule has 0 unspecified atom stereocenters. The van der Waals surface area contributed by atoms with Crippen molar-refractivity contribution in [1.82, 2.24) is 0 Å². The molecule has 0 amide bonds. The van der Waals surface area contributed by atoms with Gasteiger partial charge in [-0.05, 0) is 37.1 Å². The highest BCUT2D eigenvalue weighted by Gasteiger charge is 2.29. The molecule has 0 atom stereocenters. The molecule has 0 N–H and O–H groups in total. The lowest BCUT2D eigenvalue weighted by atomic mass is 10.1. The summed E-state index contributed by atoms with van der Waals surface area (Å²) in [6.45, 7) is 1.98. The van der Waals surface area contributed by atoms with Gasteiger partial charge in [0.05, 0.1) is 0 Å². The Bertz CT molecular complexity index is 416. The van der Waals surface area contributed by atoms with Crippen molar-refractivity contribution in [2.24, 2.45) is 5.92 Å². The summed E-state index contributed by atoms with van der Waals surface area (Å²) < 4.78 is 5.38. The SMILES string of the molecule is CCC(=O)c1ccc(OCC(=O)C2CC2)cc1. The summed E-state index contributed by atoms with van der Waals surface area (Å²) in [5.74, 6) is 1.17. The lowest BCUT2D eigenvalue weighted by Crippen LogP contribution is -2.12. The molecular formula is C14H16O3. The molecule has 3 heteroatoms. The molecule has 1 aliphatic rings. The van der Waals surface area contributed by atoms with Crippen LogP contribution >= 0.6 is 0 Å². The molecule has 1 fully saturated rings. The van der Waals surface area contributed by atoms with E-state index in [1.807, 2.05) is 6.92 Å². The minimum Gasteiger partial charge on any atom is -0.486 e. The minimum atomic E-state index is 0.116. The fraction of sp³-hybridized carbons (Fsp3) is 0.429. The van der Waals surface area contributed by atoms with Crippen LogP contribution in [-0.4, -0.2) is 18.2 Å². The molecule has 3 nitrogen and oxygen atoms in total. The van der Waals surface area contributed by atoms with Crippen LogP contribution in [0.3, 0.4) is 0 Å². The Morgan fingerprint density at radius 2 is 1.88 bits per heavy atom. The molecule has 1 saturated carbocycles. The lowest BCUT2D eigenvalue weighted by Gasteiger charge is -2.05. The minimum absolute atomic E-state index is 0.116. The number of ether oxygens (including phenoxy) is 1. The van der Waals surface area contributed by atoms with Crippen LogP contribution < -0.4 is 4.74 Å². The highest BCUT2D eigenvalue weighted by molar-refractivity contribution is 5.95. The highest BCUT2D eigenvalue weighted by Crippen LogP contribution is 2.29. The van der Waals surface area contributed by atoms with Crippen molar-refractivity contribution in [1.29, 1.82) is 0 Å². The maximum Gasteiger partial charge on any atom is 0.173 e. The fourth-order valence-corrected chi connectivity index (χ4v) is 1.62. The summed E-state index contributed by atoms with van der Waals surface area (Å²) in [6.07, 6.45) is 2.51.